The maximum absolute atomic E-state index is 12.4. The highest BCUT2D eigenvalue weighted by atomic mass is 32.1. The Hall–Kier alpha value is -5.86. The molecule has 4 amide bonds. The first kappa shape index (κ1) is 42.3. The van der Waals surface area contributed by atoms with E-state index in [-0.39, 0.29) is 51.1 Å². The summed E-state index contributed by atoms with van der Waals surface area (Å²) in [4.78, 5) is 64.0. The van der Waals surface area contributed by atoms with Gasteiger partial charge in [0.2, 0.25) is 11.8 Å². The Morgan fingerprint density at radius 1 is 0.789 bits per heavy atom. The van der Waals surface area contributed by atoms with E-state index in [9.17, 15) is 19.2 Å². The molecule has 1 saturated heterocycles. The molecule has 1 atom stereocenters. The molecular formula is C38H44N8O9S2. The topological polar surface area (TPSA) is 208 Å². The smallest absolute Gasteiger partial charge is 0.263 e. The number of hydrogen-bond donors (Lipinski definition) is 5. The van der Waals surface area contributed by atoms with Gasteiger partial charge in [0.1, 0.15) is 21.3 Å². The van der Waals surface area contributed by atoms with Gasteiger partial charge >= 0.3 is 0 Å². The number of hydroxylamine groups is 2. The molecule has 1 fully saturated rings. The van der Waals surface area contributed by atoms with E-state index < -0.39 is 12.2 Å². The number of methoxy groups -OCH3 is 2. The van der Waals surface area contributed by atoms with E-state index in [2.05, 4.69) is 26.1 Å². The molecule has 19 heteroatoms. The van der Waals surface area contributed by atoms with Crippen LogP contribution in [-0.2, 0) is 19.2 Å². The first-order valence-electron chi connectivity index (χ1n) is 17.5. The highest BCUT2D eigenvalue weighted by Crippen LogP contribution is 2.28. The molecule has 1 aliphatic rings. The predicted octanol–water partition coefficient (Wildman–Crippen LogP) is 5.10. The number of carbonyl (C=O) groups excluding carboxylic acids is 4. The van der Waals surface area contributed by atoms with Crippen LogP contribution in [0, 0.1) is 0 Å². The number of aromatic nitrogens is 4. The molecule has 1 aliphatic heterocycles. The van der Waals surface area contributed by atoms with Crippen molar-refractivity contribution in [2.24, 2.45) is 0 Å². The molecule has 2 aromatic carbocycles. The highest BCUT2D eigenvalue weighted by Gasteiger charge is 2.18. The van der Waals surface area contributed by atoms with Gasteiger partial charge in [-0.3, -0.25) is 33.2 Å². The molecule has 0 saturated carbocycles. The monoisotopic (exact) mass is 820 g/mol. The van der Waals surface area contributed by atoms with E-state index >= 15 is 0 Å². The predicted molar refractivity (Wildman–Crippen MR) is 213 cm³/mol. The lowest BCUT2D eigenvalue weighted by Crippen LogP contribution is -2.35. The van der Waals surface area contributed by atoms with Crippen molar-refractivity contribution in [3.63, 3.8) is 0 Å². The SMILES string of the molecule is C.COc1cccc(-c2cn3cc(C(=O)NCCC(=O)NO)sc3n2)c1.COc1cccc(-c2cn3cc(C(=O)NCCC(=O)NOC4CCCCO4)sc3n2)c1. The third-order valence-corrected chi connectivity index (χ3v) is 10.3. The third kappa shape index (κ3) is 11.4. The number of ether oxygens (including phenoxy) is 3. The molecule has 0 aliphatic carbocycles. The molecule has 7 rings (SSSR count). The van der Waals surface area contributed by atoms with Gasteiger partial charge in [0.25, 0.3) is 11.8 Å². The third-order valence-electron chi connectivity index (χ3n) is 8.33. The summed E-state index contributed by atoms with van der Waals surface area (Å²) in [5.74, 6) is 0.116. The molecule has 4 aromatic heterocycles. The molecule has 5 N–H and O–H groups in total. The van der Waals surface area contributed by atoms with Crippen molar-refractivity contribution in [1.29, 1.82) is 0 Å². The molecule has 0 spiro atoms. The Labute approximate surface area is 335 Å². The summed E-state index contributed by atoms with van der Waals surface area (Å²) in [6.45, 7) is 0.983. The van der Waals surface area contributed by atoms with Crippen molar-refractivity contribution in [1.82, 2.24) is 40.4 Å². The number of amides is 4. The summed E-state index contributed by atoms with van der Waals surface area (Å²) in [7, 11) is 3.23. The molecule has 5 heterocycles. The lowest BCUT2D eigenvalue weighted by molar-refractivity contribution is -0.200. The summed E-state index contributed by atoms with van der Waals surface area (Å²) in [6.07, 6.45) is 9.65. The standard InChI is InChI=1S/C21H24N4O5S.C16H16N4O4S.CH4/c1-28-15-6-4-5-14(11-15)16-12-25-13-17(31-21(25)23-16)20(27)22-9-8-18(26)24-30-19-7-2-3-10-29-19;1-24-11-4-2-3-10(7-11)12-8-20-9-13(25-16(20)18-12)15(22)17-6-5-14(21)19-23;/h4-6,11-13,19H,2-3,7-10H2,1H3,(H,22,27)(H,24,26);2-4,7-9,23H,5-6H2,1H3,(H,17,22)(H,19,21);1H4. The number of nitrogens with zero attached hydrogens (tertiary/aromatic N) is 4. The van der Waals surface area contributed by atoms with Gasteiger partial charge in [-0.15, -0.1) is 0 Å². The van der Waals surface area contributed by atoms with Gasteiger partial charge in [0.05, 0.1) is 25.6 Å². The fourth-order valence-electron chi connectivity index (χ4n) is 5.44. The Morgan fingerprint density at radius 2 is 1.32 bits per heavy atom. The van der Waals surface area contributed by atoms with Crippen LogP contribution in [0.25, 0.3) is 32.4 Å². The number of thiazole rings is 2. The van der Waals surface area contributed by atoms with Crippen LogP contribution < -0.4 is 31.1 Å². The Bertz CT molecular complexity index is 2230. The second-order valence-electron chi connectivity index (χ2n) is 12.3. The maximum atomic E-state index is 12.4. The molecule has 1 unspecified atom stereocenters. The van der Waals surface area contributed by atoms with Crippen molar-refractivity contribution < 1.29 is 43.4 Å². The number of fused-ring (bicyclic) bond motifs is 2. The largest absolute Gasteiger partial charge is 0.497 e. The second kappa shape index (κ2) is 20.3. The highest BCUT2D eigenvalue weighted by molar-refractivity contribution is 7.19. The normalized spacial score (nSPS) is 13.5. The number of carbonyl (C=O) groups is 4. The number of imidazole rings is 2. The van der Waals surface area contributed by atoms with Gasteiger partial charge in [-0.05, 0) is 37.1 Å². The second-order valence-corrected chi connectivity index (χ2v) is 14.3. The van der Waals surface area contributed by atoms with E-state index in [0.717, 1.165) is 53.3 Å². The van der Waals surface area contributed by atoms with Gasteiger partial charge in [0.15, 0.2) is 16.2 Å². The molecular weight excluding hydrogens is 777 g/mol. The van der Waals surface area contributed by atoms with Crippen molar-refractivity contribution in [3.8, 4) is 34.0 Å². The summed E-state index contributed by atoms with van der Waals surface area (Å²) in [6, 6.07) is 15.2. The fraction of sp³-hybridized carbons (Fsp3) is 0.316. The van der Waals surface area contributed by atoms with Crippen LogP contribution in [0.5, 0.6) is 11.5 Å². The maximum Gasteiger partial charge on any atom is 0.263 e. The summed E-state index contributed by atoms with van der Waals surface area (Å²) in [5.41, 5.74) is 7.35. The zero-order valence-corrected chi connectivity index (χ0v) is 32.1. The minimum Gasteiger partial charge on any atom is -0.497 e. The van der Waals surface area contributed by atoms with Crippen molar-refractivity contribution in [2.75, 3.05) is 33.9 Å². The first-order valence-corrected chi connectivity index (χ1v) is 19.2. The Balaban J connectivity index is 0.000000219. The van der Waals surface area contributed by atoms with Crippen LogP contribution in [0.2, 0.25) is 0 Å². The minimum absolute atomic E-state index is 0. The average Bonchev–Trinajstić information content (AvgIpc) is 4.02. The Kier molecular flexibility index (Phi) is 15.1. The van der Waals surface area contributed by atoms with Gasteiger partial charge < -0.3 is 24.8 Å². The summed E-state index contributed by atoms with van der Waals surface area (Å²) in [5, 5.41) is 13.8. The van der Waals surface area contributed by atoms with E-state index in [1.807, 2.05) is 65.3 Å². The van der Waals surface area contributed by atoms with E-state index in [1.54, 1.807) is 31.0 Å². The fourth-order valence-corrected chi connectivity index (χ4v) is 7.21. The molecule has 0 radical (unpaired) electrons. The van der Waals surface area contributed by atoms with Crippen LogP contribution in [-0.4, -0.2) is 87.8 Å². The van der Waals surface area contributed by atoms with Gasteiger partial charge in [-0.2, -0.15) is 0 Å². The summed E-state index contributed by atoms with van der Waals surface area (Å²) >= 11 is 2.54. The number of rotatable bonds is 14. The van der Waals surface area contributed by atoms with Gasteiger partial charge in [0, 0.05) is 74.9 Å². The number of benzene rings is 2. The molecule has 17 nitrogen and oxygen atoms in total. The van der Waals surface area contributed by atoms with E-state index in [1.165, 1.54) is 28.2 Å². The van der Waals surface area contributed by atoms with Gasteiger partial charge in [-0.25, -0.2) is 25.8 Å². The zero-order valence-electron chi connectivity index (χ0n) is 30.5. The summed E-state index contributed by atoms with van der Waals surface area (Å²) < 4.78 is 19.5. The zero-order chi connectivity index (χ0) is 39.4. The lowest BCUT2D eigenvalue weighted by Gasteiger charge is -2.22. The van der Waals surface area contributed by atoms with E-state index in [0.29, 0.717) is 26.3 Å². The molecule has 6 aromatic rings. The van der Waals surface area contributed by atoms with Crippen molar-refractivity contribution in [2.45, 2.75) is 45.8 Å². The quantitative estimate of drug-likeness (QED) is 0.0722. The van der Waals surface area contributed by atoms with Crippen LogP contribution >= 0.6 is 22.7 Å². The Morgan fingerprint density at radius 3 is 1.77 bits per heavy atom. The number of hydrogen-bond acceptors (Lipinski definition) is 13. The first-order chi connectivity index (χ1) is 27.2. The van der Waals surface area contributed by atoms with Crippen molar-refractivity contribution in [3.05, 3.63) is 83.1 Å². The minimum atomic E-state index is -0.552. The average molecular weight is 821 g/mol. The molecule has 0 bridgehead atoms. The van der Waals surface area contributed by atoms with Crippen molar-refractivity contribution >= 4 is 56.2 Å². The molecule has 302 valence electrons. The van der Waals surface area contributed by atoms with E-state index in [4.69, 9.17) is 24.3 Å². The van der Waals surface area contributed by atoms with Crippen LogP contribution in [0.4, 0.5) is 0 Å². The van der Waals surface area contributed by atoms with Crippen LogP contribution in [0.1, 0.15) is 58.9 Å². The lowest BCUT2D eigenvalue weighted by atomic mass is 10.1. The number of nitrogens with one attached hydrogen (secondary N) is 4. The van der Waals surface area contributed by atoms with Gasteiger partial charge in [-0.1, -0.05) is 54.4 Å². The molecule has 57 heavy (non-hydrogen) atoms. The van der Waals surface area contributed by atoms with Crippen LogP contribution in [0.15, 0.2) is 73.3 Å². The van der Waals surface area contributed by atoms with Crippen LogP contribution in [0.3, 0.4) is 0 Å².